The summed E-state index contributed by atoms with van der Waals surface area (Å²) in [5.74, 6) is -0.954. The molecule has 3 nitrogen and oxygen atoms in total. The van der Waals surface area contributed by atoms with Gasteiger partial charge in [0.25, 0.3) is 0 Å². The molecule has 0 amide bonds. The van der Waals surface area contributed by atoms with Gasteiger partial charge in [0.2, 0.25) is 0 Å². The van der Waals surface area contributed by atoms with Gasteiger partial charge < -0.3 is 5.11 Å². The summed E-state index contributed by atoms with van der Waals surface area (Å²) in [6.45, 7) is 0. The Morgan fingerprint density at radius 3 is 2.58 bits per heavy atom. The maximum Gasteiger partial charge on any atom is 0.335 e. The molecule has 1 aromatic rings. The Kier molecular flexibility index (Phi) is 2.40. The maximum atomic E-state index is 10.5. The first kappa shape index (κ1) is 8.67. The van der Waals surface area contributed by atoms with Crippen LogP contribution in [0.1, 0.15) is 20.7 Å². The molecule has 0 spiro atoms. The van der Waals surface area contributed by atoms with Gasteiger partial charge in [0.1, 0.15) is 6.29 Å². The third-order valence-corrected chi connectivity index (χ3v) is 2.51. The summed E-state index contributed by atoms with van der Waals surface area (Å²) in [6, 6.07) is 4.52. The molecule has 0 atom stereocenters. The van der Waals surface area contributed by atoms with Crippen molar-refractivity contribution in [2.24, 2.45) is 0 Å². The molecule has 0 heterocycles. The van der Waals surface area contributed by atoms with Crippen LogP contribution in [-0.2, 0) is 0 Å². The van der Waals surface area contributed by atoms with Crippen LogP contribution in [0.4, 0.5) is 0 Å². The quantitative estimate of drug-likeness (QED) is 0.478. The van der Waals surface area contributed by atoms with Crippen molar-refractivity contribution in [3.8, 4) is 0 Å². The zero-order valence-corrected chi connectivity index (χ0v) is 8.57. The van der Waals surface area contributed by atoms with Crippen LogP contribution in [0.25, 0.3) is 0 Å². The fourth-order valence-corrected chi connectivity index (χ4v) is 1.54. The van der Waals surface area contributed by atoms with Gasteiger partial charge >= 0.3 is 5.97 Å². The van der Waals surface area contributed by atoms with Gasteiger partial charge in [0.15, 0.2) is 0 Å². The summed E-state index contributed by atoms with van der Waals surface area (Å²) < 4.78 is 0. The van der Waals surface area contributed by atoms with Crippen molar-refractivity contribution in [3.05, 3.63) is 29.3 Å². The second-order valence-corrected chi connectivity index (χ2v) is 3.57. The Morgan fingerprint density at radius 2 is 2.17 bits per heavy atom. The Hall–Kier alpha value is -1.42. The lowest BCUT2D eigenvalue weighted by atomic mass is 10.1. The molecule has 12 heavy (non-hydrogen) atoms. The average molecular weight is 180 g/mol. The summed E-state index contributed by atoms with van der Waals surface area (Å²) in [7, 11) is 0.685. The number of hydrogen-bond donors (Lipinski definition) is 1. The van der Waals surface area contributed by atoms with Crippen molar-refractivity contribution < 1.29 is 14.7 Å². The van der Waals surface area contributed by atoms with Crippen LogP contribution in [0.2, 0.25) is 0 Å². The van der Waals surface area contributed by atoms with Crippen molar-refractivity contribution in [2.75, 3.05) is 0 Å². The van der Waals surface area contributed by atoms with E-state index in [9.17, 15) is 9.59 Å². The first-order valence-corrected chi connectivity index (χ1v) is 4.44. The van der Waals surface area contributed by atoms with Crippen LogP contribution in [0.3, 0.4) is 0 Å². The minimum atomic E-state index is -0.954. The molecular formula is C8H8O3Si. The average Bonchev–Trinajstić information content (AvgIpc) is 2.04. The molecule has 1 N–H and O–H groups in total. The number of aldehydes is 1. The van der Waals surface area contributed by atoms with Gasteiger partial charge in [-0.1, -0.05) is 11.3 Å². The predicted octanol–water partition coefficient (Wildman–Crippen LogP) is -0.812. The highest BCUT2D eigenvalue weighted by Crippen LogP contribution is 1.98. The zero-order chi connectivity index (χ0) is 9.14. The zero-order valence-electron chi connectivity index (χ0n) is 6.57. The lowest BCUT2D eigenvalue weighted by Gasteiger charge is -1.98. The molecule has 0 saturated heterocycles. The summed E-state index contributed by atoms with van der Waals surface area (Å²) in [4.78, 5) is 20.9. The molecular weight excluding hydrogens is 172 g/mol. The largest absolute Gasteiger partial charge is 0.478 e. The monoisotopic (exact) mass is 180 g/mol. The summed E-state index contributed by atoms with van der Waals surface area (Å²) in [6.07, 6.45) is 0.744. The van der Waals surface area contributed by atoms with Crippen molar-refractivity contribution >= 4 is 27.7 Å². The van der Waals surface area contributed by atoms with E-state index in [0.717, 1.165) is 11.5 Å². The van der Waals surface area contributed by atoms with E-state index in [1.807, 2.05) is 0 Å². The van der Waals surface area contributed by atoms with E-state index in [1.165, 1.54) is 12.1 Å². The molecule has 1 aromatic carbocycles. The topological polar surface area (TPSA) is 54.4 Å². The molecule has 0 aromatic heterocycles. The van der Waals surface area contributed by atoms with E-state index in [-0.39, 0.29) is 5.56 Å². The standard InChI is InChI=1S/C8H8O3Si/c9-4-6-2-1-5(8(10)11)3-7(6)12/h1-4H,12H3,(H,10,11). The van der Waals surface area contributed by atoms with Gasteiger partial charge in [-0.25, -0.2) is 4.79 Å². The van der Waals surface area contributed by atoms with Crippen LogP contribution < -0.4 is 5.19 Å². The Morgan fingerprint density at radius 1 is 1.50 bits per heavy atom. The minimum Gasteiger partial charge on any atom is -0.478 e. The fourth-order valence-electron chi connectivity index (χ4n) is 0.941. The van der Waals surface area contributed by atoms with E-state index in [1.54, 1.807) is 6.07 Å². The highest BCUT2D eigenvalue weighted by Gasteiger charge is 2.03. The molecule has 0 bridgehead atoms. The Bertz CT molecular complexity index is 333. The molecule has 62 valence electrons. The van der Waals surface area contributed by atoms with Crippen LogP contribution in [0.5, 0.6) is 0 Å². The van der Waals surface area contributed by atoms with Crippen molar-refractivity contribution in [1.29, 1.82) is 0 Å². The normalized spacial score (nSPS) is 9.67. The number of hydrogen-bond acceptors (Lipinski definition) is 2. The summed E-state index contributed by atoms with van der Waals surface area (Å²) in [5.41, 5.74) is 0.831. The molecule has 0 radical (unpaired) electrons. The first-order chi connectivity index (χ1) is 5.65. The number of carboxylic acid groups (broad SMARTS) is 1. The van der Waals surface area contributed by atoms with Crippen LogP contribution in [0.15, 0.2) is 18.2 Å². The lowest BCUT2D eigenvalue weighted by molar-refractivity contribution is 0.0696. The molecule has 1 rings (SSSR count). The predicted molar refractivity (Wildman–Crippen MR) is 48.4 cm³/mol. The van der Waals surface area contributed by atoms with E-state index < -0.39 is 5.97 Å². The van der Waals surface area contributed by atoms with Gasteiger partial charge in [0.05, 0.1) is 5.56 Å². The van der Waals surface area contributed by atoms with Gasteiger partial charge in [-0.2, -0.15) is 0 Å². The SMILES string of the molecule is O=Cc1ccc(C(=O)O)cc1[SiH3]. The van der Waals surface area contributed by atoms with E-state index in [0.29, 0.717) is 15.8 Å². The van der Waals surface area contributed by atoms with Crippen molar-refractivity contribution in [1.82, 2.24) is 0 Å². The second-order valence-electron chi connectivity index (χ2n) is 2.49. The van der Waals surface area contributed by atoms with Crippen LogP contribution in [0, 0.1) is 0 Å². The smallest absolute Gasteiger partial charge is 0.335 e. The van der Waals surface area contributed by atoms with E-state index in [4.69, 9.17) is 5.11 Å². The lowest BCUT2D eigenvalue weighted by Crippen LogP contribution is -2.12. The third-order valence-electron chi connectivity index (χ3n) is 1.64. The number of carbonyl (C=O) groups is 2. The van der Waals surface area contributed by atoms with Crippen molar-refractivity contribution in [2.45, 2.75) is 0 Å². The van der Waals surface area contributed by atoms with Crippen LogP contribution >= 0.6 is 0 Å². The Labute approximate surface area is 72.4 Å². The Balaban J connectivity index is 3.18. The highest BCUT2D eigenvalue weighted by molar-refractivity contribution is 6.35. The number of aromatic carboxylic acids is 1. The van der Waals surface area contributed by atoms with Gasteiger partial charge in [0, 0.05) is 15.8 Å². The summed E-state index contributed by atoms with van der Waals surface area (Å²) >= 11 is 0. The molecule has 4 heteroatoms. The van der Waals surface area contributed by atoms with Crippen LogP contribution in [-0.4, -0.2) is 27.6 Å². The minimum absolute atomic E-state index is 0.241. The molecule has 0 fully saturated rings. The maximum absolute atomic E-state index is 10.5. The third kappa shape index (κ3) is 1.59. The second kappa shape index (κ2) is 3.32. The van der Waals surface area contributed by atoms with Gasteiger partial charge in [-0.3, -0.25) is 4.79 Å². The fraction of sp³-hybridized carbons (Fsp3) is 0. The number of carboxylic acids is 1. The van der Waals surface area contributed by atoms with E-state index in [2.05, 4.69) is 0 Å². The molecule has 0 aliphatic rings. The van der Waals surface area contributed by atoms with E-state index >= 15 is 0 Å². The van der Waals surface area contributed by atoms with Crippen molar-refractivity contribution in [3.63, 3.8) is 0 Å². The number of rotatable bonds is 2. The van der Waals surface area contributed by atoms with Gasteiger partial charge in [-0.15, -0.1) is 0 Å². The number of carbonyl (C=O) groups excluding carboxylic acids is 1. The number of benzene rings is 1. The molecule has 0 unspecified atom stereocenters. The van der Waals surface area contributed by atoms with Gasteiger partial charge in [-0.05, 0) is 12.1 Å². The molecule has 0 aliphatic carbocycles. The molecule has 0 aliphatic heterocycles. The summed E-state index contributed by atoms with van der Waals surface area (Å²) in [5, 5.41) is 9.42. The first-order valence-electron chi connectivity index (χ1n) is 3.44. The highest BCUT2D eigenvalue weighted by atomic mass is 28.1. The molecule has 0 saturated carbocycles.